The van der Waals surface area contributed by atoms with E-state index in [9.17, 15) is 4.79 Å². The number of hydrogen-bond donors (Lipinski definition) is 3. The second-order valence-electron chi connectivity index (χ2n) is 8.35. The number of nitrogens with zero attached hydrogens (tertiary/aromatic N) is 6. The Morgan fingerprint density at radius 2 is 1.79 bits per heavy atom. The average molecular weight is 448 g/mol. The van der Waals surface area contributed by atoms with Crippen LogP contribution in [-0.2, 0) is 0 Å². The maximum Gasteiger partial charge on any atom is 0.269 e. The molecule has 10 nitrogen and oxygen atoms in total. The molecular weight excluding hydrogens is 418 g/mol. The van der Waals surface area contributed by atoms with E-state index in [4.69, 9.17) is 4.98 Å². The van der Waals surface area contributed by atoms with E-state index in [-0.39, 0.29) is 5.91 Å². The van der Waals surface area contributed by atoms with Gasteiger partial charge < -0.3 is 25.8 Å². The molecule has 2 fully saturated rings. The minimum Gasteiger partial charge on any atom is -0.368 e. The highest BCUT2D eigenvalue weighted by molar-refractivity contribution is 5.99. The number of carbonyl (C=O) groups is 1. The SMILES string of the molecule is CNC(=O)c1cc2cnc(Nc3ccc(N4CCNCC4)cn3)nc2c(N2CCCCC2)n1. The summed E-state index contributed by atoms with van der Waals surface area (Å²) in [4.78, 5) is 35.3. The molecule has 3 N–H and O–H groups in total. The summed E-state index contributed by atoms with van der Waals surface area (Å²) in [6.07, 6.45) is 7.03. The van der Waals surface area contributed by atoms with E-state index in [0.717, 1.165) is 74.5 Å². The monoisotopic (exact) mass is 447 g/mol. The Morgan fingerprint density at radius 3 is 2.52 bits per heavy atom. The lowest BCUT2D eigenvalue weighted by Gasteiger charge is -2.29. The van der Waals surface area contributed by atoms with Gasteiger partial charge in [-0.1, -0.05) is 0 Å². The molecule has 2 aliphatic rings. The Morgan fingerprint density at radius 1 is 0.970 bits per heavy atom. The molecule has 0 unspecified atom stereocenters. The first-order valence-corrected chi connectivity index (χ1v) is 11.5. The molecule has 3 aromatic rings. The Balaban J connectivity index is 1.43. The summed E-state index contributed by atoms with van der Waals surface area (Å²) < 4.78 is 0. The Hall–Kier alpha value is -3.53. The number of piperidine rings is 1. The van der Waals surface area contributed by atoms with E-state index < -0.39 is 0 Å². The van der Waals surface area contributed by atoms with Gasteiger partial charge in [0.25, 0.3) is 5.91 Å². The quantitative estimate of drug-likeness (QED) is 0.540. The third kappa shape index (κ3) is 4.65. The van der Waals surface area contributed by atoms with Crippen molar-refractivity contribution >= 4 is 40.1 Å². The standard InChI is InChI=1S/C23H29N9O/c1-24-22(33)18-13-16-14-27-23(30-20(16)21(28-18)32-9-3-2-4-10-32)29-19-6-5-17(15-26-19)31-11-7-25-8-12-31/h5-6,13-15,25H,2-4,7-12H2,1H3,(H,24,33)(H,26,27,29,30). The van der Waals surface area contributed by atoms with Crippen molar-refractivity contribution in [3.8, 4) is 0 Å². The summed E-state index contributed by atoms with van der Waals surface area (Å²) in [5.74, 6) is 1.66. The molecule has 2 saturated heterocycles. The largest absolute Gasteiger partial charge is 0.368 e. The number of anilines is 4. The molecule has 5 heterocycles. The van der Waals surface area contributed by atoms with E-state index in [1.165, 1.54) is 6.42 Å². The van der Waals surface area contributed by atoms with Crippen LogP contribution >= 0.6 is 0 Å². The number of amides is 1. The fourth-order valence-electron chi connectivity index (χ4n) is 4.34. The van der Waals surface area contributed by atoms with Crippen molar-refractivity contribution in [2.45, 2.75) is 19.3 Å². The van der Waals surface area contributed by atoms with Crippen LogP contribution < -0.4 is 25.8 Å². The summed E-state index contributed by atoms with van der Waals surface area (Å²) in [5.41, 5.74) is 2.22. The van der Waals surface area contributed by atoms with Crippen molar-refractivity contribution in [2.75, 3.05) is 61.4 Å². The van der Waals surface area contributed by atoms with Gasteiger partial charge in [0.2, 0.25) is 5.95 Å². The highest BCUT2D eigenvalue weighted by Crippen LogP contribution is 2.28. The second-order valence-corrected chi connectivity index (χ2v) is 8.35. The molecule has 1 amide bonds. The summed E-state index contributed by atoms with van der Waals surface area (Å²) in [6, 6.07) is 5.76. The molecule has 33 heavy (non-hydrogen) atoms. The van der Waals surface area contributed by atoms with Crippen molar-refractivity contribution in [1.82, 2.24) is 30.6 Å². The number of rotatable bonds is 5. The third-order valence-corrected chi connectivity index (χ3v) is 6.13. The lowest BCUT2D eigenvalue weighted by Crippen LogP contribution is -2.43. The molecule has 3 aromatic heterocycles. The summed E-state index contributed by atoms with van der Waals surface area (Å²) in [6.45, 7) is 5.74. The molecule has 172 valence electrons. The first-order chi connectivity index (χ1) is 16.2. The van der Waals surface area contributed by atoms with Gasteiger partial charge in [0, 0.05) is 57.9 Å². The normalized spacial score (nSPS) is 16.6. The smallest absolute Gasteiger partial charge is 0.269 e. The summed E-state index contributed by atoms with van der Waals surface area (Å²) in [7, 11) is 1.61. The molecule has 0 atom stereocenters. The predicted octanol–water partition coefficient (Wildman–Crippen LogP) is 1.92. The minimum atomic E-state index is -0.217. The van der Waals surface area contributed by atoms with E-state index in [0.29, 0.717) is 17.5 Å². The number of pyridine rings is 2. The molecule has 2 aliphatic heterocycles. The fourth-order valence-corrected chi connectivity index (χ4v) is 4.34. The number of piperazine rings is 1. The van der Waals surface area contributed by atoms with Crippen LogP contribution in [0, 0.1) is 0 Å². The lowest BCUT2D eigenvalue weighted by atomic mass is 10.1. The highest BCUT2D eigenvalue weighted by Gasteiger charge is 2.20. The van der Waals surface area contributed by atoms with Gasteiger partial charge in [-0.25, -0.2) is 19.9 Å². The van der Waals surface area contributed by atoms with Gasteiger partial charge in [-0.2, -0.15) is 0 Å². The van der Waals surface area contributed by atoms with E-state index in [1.807, 2.05) is 12.3 Å². The highest BCUT2D eigenvalue weighted by atomic mass is 16.1. The molecular formula is C23H29N9O. The second kappa shape index (κ2) is 9.53. The van der Waals surface area contributed by atoms with Crippen LogP contribution in [0.4, 0.5) is 23.3 Å². The maximum absolute atomic E-state index is 12.3. The van der Waals surface area contributed by atoms with Crippen LogP contribution in [0.1, 0.15) is 29.8 Å². The summed E-state index contributed by atoms with van der Waals surface area (Å²) >= 11 is 0. The number of nitrogens with one attached hydrogen (secondary N) is 3. The first-order valence-electron chi connectivity index (χ1n) is 11.5. The van der Waals surface area contributed by atoms with Crippen molar-refractivity contribution in [3.63, 3.8) is 0 Å². The topological polar surface area (TPSA) is 111 Å². The van der Waals surface area contributed by atoms with Gasteiger partial charge >= 0.3 is 0 Å². The zero-order valence-electron chi connectivity index (χ0n) is 18.8. The van der Waals surface area contributed by atoms with Gasteiger partial charge in [-0.15, -0.1) is 0 Å². The Labute approximate surface area is 192 Å². The molecule has 0 radical (unpaired) electrons. The molecule has 0 aromatic carbocycles. The van der Waals surface area contributed by atoms with Crippen LogP contribution in [0.5, 0.6) is 0 Å². The average Bonchev–Trinajstić information content (AvgIpc) is 2.89. The maximum atomic E-state index is 12.3. The van der Waals surface area contributed by atoms with E-state index in [1.54, 1.807) is 19.3 Å². The molecule has 10 heteroatoms. The minimum absolute atomic E-state index is 0.217. The fraction of sp³-hybridized carbons (Fsp3) is 0.435. The predicted molar refractivity (Wildman–Crippen MR) is 129 cm³/mol. The van der Waals surface area contributed by atoms with Gasteiger partial charge in [-0.3, -0.25) is 4.79 Å². The lowest BCUT2D eigenvalue weighted by molar-refractivity contribution is 0.0958. The molecule has 0 spiro atoms. The van der Waals surface area contributed by atoms with Crippen LogP contribution in [0.3, 0.4) is 0 Å². The first kappa shape index (κ1) is 21.3. The number of aromatic nitrogens is 4. The van der Waals surface area contributed by atoms with Gasteiger partial charge in [0.1, 0.15) is 17.0 Å². The molecule has 0 saturated carbocycles. The van der Waals surface area contributed by atoms with Crippen molar-refractivity contribution in [3.05, 3.63) is 36.3 Å². The van der Waals surface area contributed by atoms with Crippen molar-refractivity contribution in [1.29, 1.82) is 0 Å². The Bertz CT molecular complexity index is 1120. The van der Waals surface area contributed by atoms with Crippen LogP contribution in [-0.4, -0.2) is 72.2 Å². The zero-order chi connectivity index (χ0) is 22.6. The van der Waals surface area contributed by atoms with Crippen LogP contribution in [0.15, 0.2) is 30.6 Å². The van der Waals surface area contributed by atoms with Gasteiger partial charge in [0.15, 0.2) is 5.82 Å². The molecule has 5 rings (SSSR count). The van der Waals surface area contributed by atoms with Crippen LogP contribution in [0.2, 0.25) is 0 Å². The number of carbonyl (C=O) groups excluding carboxylic acids is 1. The van der Waals surface area contributed by atoms with E-state index in [2.05, 4.69) is 46.8 Å². The van der Waals surface area contributed by atoms with E-state index >= 15 is 0 Å². The number of hydrogen-bond acceptors (Lipinski definition) is 9. The Kier molecular flexibility index (Phi) is 6.16. The third-order valence-electron chi connectivity index (χ3n) is 6.13. The van der Waals surface area contributed by atoms with Crippen LogP contribution in [0.25, 0.3) is 10.9 Å². The van der Waals surface area contributed by atoms with Crippen molar-refractivity contribution < 1.29 is 4.79 Å². The molecule has 0 aliphatic carbocycles. The summed E-state index contributed by atoms with van der Waals surface area (Å²) in [5, 5.41) is 10.0. The molecule has 0 bridgehead atoms. The number of fused-ring (bicyclic) bond motifs is 1. The van der Waals surface area contributed by atoms with Gasteiger partial charge in [-0.05, 0) is 37.5 Å². The zero-order valence-corrected chi connectivity index (χ0v) is 18.8. The van der Waals surface area contributed by atoms with Crippen molar-refractivity contribution in [2.24, 2.45) is 0 Å². The van der Waals surface area contributed by atoms with Gasteiger partial charge in [0.05, 0.1) is 11.9 Å².